The number of benzene rings is 1. The van der Waals surface area contributed by atoms with E-state index in [0.717, 1.165) is 6.92 Å². The first kappa shape index (κ1) is 15.7. The molecule has 0 bridgehead atoms. The van der Waals surface area contributed by atoms with Crippen LogP contribution in [0.2, 0.25) is 0 Å². The third kappa shape index (κ3) is 4.11. The Balaban J connectivity index is 0.000000444. The van der Waals surface area contributed by atoms with Gasteiger partial charge in [0.2, 0.25) is 6.79 Å². The first-order chi connectivity index (χ1) is 9.32. The Kier molecular flexibility index (Phi) is 5.30. The van der Waals surface area contributed by atoms with Crippen LogP contribution in [-0.4, -0.2) is 40.1 Å². The molecule has 1 aliphatic rings. The third-order valence-corrected chi connectivity index (χ3v) is 2.36. The van der Waals surface area contributed by atoms with E-state index in [1.54, 1.807) is 12.1 Å². The van der Waals surface area contributed by atoms with E-state index in [-0.39, 0.29) is 6.79 Å². The van der Waals surface area contributed by atoms with E-state index in [4.69, 9.17) is 30.2 Å². The molecule has 0 saturated heterocycles. The molecule has 1 aromatic rings. The Bertz CT molecular complexity index is 499. The molecule has 1 aliphatic heterocycles. The maximum atomic E-state index is 10.6. The highest BCUT2D eigenvalue weighted by molar-refractivity contribution is 5.74. The highest BCUT2D eigenvalue weighted by Crippen LogP contribution is 2.34. The van der Waals surface area contributed by atoms with E-state index in [0.29, 0.717) is 17.1 Å². The van der Waals surface area contributed by atoms with Crippen molar-refractivity contribution in [2.45, 2.75) is 19.1 Å². The molecular weight excluding hydrogens is 273 g/mol. The van der Waals surface area contributed by atoms with Crippen molar-refractivity contribution in [1.29, 1.82) is 0 Å². The van der Waals surface area contributed by atoms with Gasteiger partial charge in [-0.25, -0.2) is 0 Å². The number of ether oxygens (including phenoxy) is 2. The fraction of sp³-hybridized carbons (Fsp3) is 0.333. The molecule has 8 heteroatoms. The van der Waals surface area contributed by atoms with Crippen LogP contribution in [0.25, 0.3) is 0 Å². The molecule has 0 unspecified atom stereocenters. The van der Waals surface area contributed by atoms with Gasteiger partial charge in [-0.15, -0.1) is 0 Å². The summed E-state index contributed by atoms with van der Waals surface area (Å²) in [5.74, 6) is -1.04. The van der Waals surface area contributed by atoms with Crippen LogP contribution in [0.1, 0.15) is 18.6 Å². The van der Waals surface area contributed by atoms with Gasteiger partial charge in [0, 0.05) is 6.92 Å². The van der Waals surface area contributed by atoms with Crippen molar-refractivity contribution in [2.75, 3.05) is 6.79 Å². The van der Waals surface area contributed by atoms with E-state index in [2.05, 4.69) is 0 Å². The molecule has 0 fully saturated rings. The van der Waals surface area contributed by atoms with Crippen molar-refractivity contribution >= 4 is 11.9 Å². The van der Waals surface area contributed by atoms with E-state index in [1.807, 2.05) is 0 Å². The van der Waals surface area contributed by atoms with E-state index in [9.17, 15) is 9.90 Å². The molecule has 110 valence electrons. The Labute approximate surface area is 114 Å². The molecule has 2 atom stereocenters. The van der Waals surface area contributed by atoms with Crippen molar-refractivity contribution in [3.63, 3.8) is 0 Å². The molecule has 0 aromatic heterocycles. The molecular formula is C12H15NO7. The lowest BCUT2D eigenvalue weighted by Crippen LogP contribution is -2.36. The van der Waals surface area contributed by atoms with Crippen LogP contribution in [0.5, 0.6) is 11.5 Å². The first-order valence-electron chi connectivity index (χ1n) is 5.58. The molecule has 0 radical (unpaired) electrons. The SMILES string of the molecule is CC(=O)O.[15NH2][13C@@H](C(=O)O)[13C@@H](O)c1ccc2c(c1)OCO2. The van der Waals surface area contributed by atoms with Gasteiger partial charge in [0.15, 0.2) is 11.5 Å². The molecule has 0 saturated carbocycles. The Morgan fingerprint density at radius 3 is 2.35 bits per heavy atom. The number of hydrogen-bond acceptors (Lipinski definition) is 6. The van der Waals surface area contributed by atoms with E-state index in [1.165, 1.54) is 6.07 Å². The minimum absolute atomic E-state index is 0.125. The number of aliphatic hydroxyl groups excluding tert-OH is 1. The predicted molar refractivity (Wildman–Crippen MR) is 66.4 cm³/mol. The average molecular weight is 288 g/mol. The summed E-state index contributed by atoms with van der Waals surface area (Å²) < 4.78 is 10.2. The maximum Gasteiger partial charge on any atom is 0.323 e. The third-order valence-electron chi connectivity index (χ3n) is 2.36. The predicted octanol–water partition coefficient (Wildman–Crippen LogP) is -0.0485. The number of carbonyl (C=O) groups is 2. The molecule has 1 aromatic carbocycles. The van der Waals surface area contributed by atoms with Gasteiger partial charge >= 0.3 is 5.97 Å². The lowest BCUT2D eigenvalue weighted by atomic mass is 10.2. The summed E-state index contributed by atoms with van der Waals surface area (Å²) >= 11 is 0. The second-order valence-corrected chi connectivity index (χ2v) is 3.94. The largest absolute Gasteiger partial charge is 0.481 e. The lowest BCUT2D eigenvalue weighted by molar-refractivity contribution is -0.141. The number of fused-ring (bicyclic) bond motifs is 1. The number of hydrogen-bond donors (Lipinski definition) is 4. The monoisotopic (exact) mass is 288 g/mol. The van der Waals surface area contributed by atoms with Gasteiger partial charge in [-0.05, 0) is 17.7 Å². The van der Waals surface area contributed by atoms with Crippen LogP contribution in [0.15, 0.2) is 18.2 Å². The van der Waals surface area contributed by atoms with Crippen molar-refractivity contribution in [2.24, 2.45) is 5.73 Å². The summed E-state index contributed by atoms with van der Waals surface area (Å²) in [5.41, 5.74) is 5.70. The smallest absolute Gasteiger partial charge is 0.323 e. The van der Waals surface area contributed by atoms with Gasteiger partial charge < -0.3 is 30.5 Å². The second kappa shape index (κ2) is 6.73. The maximum absolute atomic E-state index is 10.6. The summed E-state index contributed by atoms with van der Waals surface area (Å²) in [5, 5.41) is 25.8. The fourth-order valence-electron chi connectivity index (χ4n) is 1.44. The van der Waals surface area contributed by atoms with Crippen LogP contribution < -0.4 is 15.2 Å². The summed E-state index contributed by atoms with van der Waals surface area (Å²) in [6, 6.07) is 3.33. The summed E-state index contributed by atoms with van der Waals surface area (Å²) in [6.45, 7) is 1.21. The minimum Gasteiger partial charge on any atom is -0.481 e. The van der Waals surface area contributed by atoms with Gasteiger partial charge in [-0.3, -0.25) is 9.59 Å². The summed E-state index contributed by atoms with van der Waals surface area (Å²) in [6.07, 6.45) is -1.27. The number of carboxylic acid groups (broad SMARTS) is 2. The van der Waals surface area contributed by atoms with Gasteiger partial charge in [-0.1, -0.05) is 6.07 Å². The normalized spacial score (nSPS) is 14.8. The minimum atomic E-state index is -1.36. The molecule has 8 nitrogen and oxygen atoms in total. The van der Waals surface area contributed by atoms with Gasteiger partial charge in [0.1, 0.15) is 12.1 Å². The second-order valence-electron chi connectivity index (χ2n) is 3.94. The highest BCUT2D eigenvalue weighted by atomic mass is 16.7. The van der Waals surface area contributed by atoms with Gasteiger partial charge in [0.05, 0.1) is 0 Å². The Hall–Kier alpha value is -2.32. The summed E-state index contributed by atoms with van der Waals surface area (Å²) in [4.78, 5) is 19.6. The zero-order chi connectivity index (χ0) is 15.3. The standard InChI is InChI=1S/C10H11NO5.C2H4O2/c11-8(10(13)14)9(12)5-1-2-6-7(3-5)16-4-15-6;1-2(3)4/h1-3,8-9,12H,4,11H2,(H,13,14);1H3,(H,3,4)/t8-,9+;/m1./s1/i8+1,9+1,11+1;. The van der Waals surface area contributed by atoms with Crippen molar-refractivity contribution in [3.8, 4) is 11.5 Å². The zero-order valence-electron chi connectivity index (χ0n) is 10.6. The zero-order valence-corrected chi connectivity index (χ0v) is 10.6. The quantitative estimate of drug-likeness (QED) is 0.448. The number of aliphatic carboxylic acids is 2. The topological polar surface area (TPSA) is 139 Å². The number of aliphatic hydroxyl groups is 1. The van der Waals surface area contributed by atoms with E-state index >= 15 is 0 Å². The Morgan fingerprint density at radius 1 is 1.25 bits per heavy atom. The lowest BCUT2D eigenvalue weighted by Gasteiger charge is -2.15. The van der Waals surface area contributed by atoms with Crippen molar-refractivity contribution in [1.82, 2.24) is 0 Å². The van der Waals surface area contributed by atoms with Crippen LogP contribution in [0.4, 0.5) is 0 Å². The molecule has 1 heterocycles. The number of carboxylic acids is 2. The molecule has 0 spiro atoms. The fourth-order valence-corrected chi connectivity index (χ4v) is 1.44. The van der Waals surface area contributed by atoms with Crippen molar-refractivity contribution < 1.29 is 34.4 Å². The first-order valence-corrected chi connectivity index (χ1v) is 5.58. The Morgan fingerprint density at radius 2 is 1.80 bits per heavy atom. The van der Waals surface area contributed by atoms with Crippen molar-refractivity contribution in [3.05, 3.63) is 23.8 Å². The van der Waals surface area contributed by atoms with Crippen LogP contribution >= 0.6 is 0 Å². The molecule has 20 heavy (non-hydrogen) atoms. The molecule has 5 N–H and O–H groups in total. The van der Waals surface area contributed by atoms with Crippen LogP contribution in [-0.2, 0) is 9.59 Å². The number of rotatable bonds is 3. The van der Waals surface area contributed by atoms with E-state index < -0.39 is 24.1 Å². The molecule has 0 aliphatic carbocycles. The van der Waals surface area contributed by atoms with Gasteiger partial charge in [0.25, 0.3) is 5.97 Å². The van der Waals surface area contributed by atoms with Crippen LogP contribution in [0, 0.1) is 0 Å². The van der Waals surface area contributed by atoms with Crippen LogP contribution in [0.3, 0.4) is 0 Å². The number of nitrogens with two attached hydrogens (primary N) is 1. The molecule has 2 rings (SSSR count). The highest BCUT2D eigenvalue weighted by Gasteiger charge is 2.25. The van der Waals surface area contributed by atoms with Gasteiger partial charge in [-0.2, -0.15) is 0 Å². The average Bonchev–Trinajstić information content (AvgIpc) is 2.83. The molecule has 0 amide bonds. The summed E-state index contributed by atoms with van der Waals surface area (Å²) in [7, 11) is 0.